The van der Waals surface area contributed by atoms with Gasteiger partial charge in [-0.05, 0) is 55.1 Å². The van der Waals surface area contributed by atoms with Crippen LogP contribution in [0.3, 0.4) is 0 Å². The van der Waals surface area contributed by atoms with Gasteiger partial charge in [-0.1, -0.05) is 65.3 Å². The van der Waals surface area contributed by atoms with Gasteiger partial charge in [-0.3, -0.25) is 4.84 Å². The highest BCUT2D eigenvalue weighted by Crippen LogP contribution is 2.54. The maximum atomic E-state index is 6.65. The van der Waals surface area contributed by atoms with E-state index in [2.05, 4.69) is 63.9 Å². The lowest BCUT2D eigenvalue weighted by molar-refractivity contribution is -0.210. The highest BCUT2D eigenvalue weighted by atomic mass is 16.7. The molecule has 4 atom stereocenters. The van der Waals surface area contributed by atoms with Crippen LogP contribution in [-0.4, -0.2) is 23.3 Å². The number of rotatable bonds is 6. The molecular weight excluding hydrogens is 306 g/mol. The number of hydrogen-bond acceptors (Lipinski definition) is 2. The lowest BCUT2D eigenvalue weighted by atomic mass is 9.62. The molecule has 140 valence electrons. The molecule has 2 nitrogen and oxygen atoms in total. The summed E-state index contributed by atoms with van der Waals surface area (Å²) in [7, 11) is 0. The third kappa shape index (κ3) is 3.17. The summed E-state index contributed by atoms with van der Waals surface area (Å²) in [5.41, 5.74) is 3.21. The zero-order chi connectivity index (χ0) is 18.0. The number of nitrogens with zero attached hydrogens (tertiary/aromatic N) is 1. The van der Waals surface area contributed by atoms with Crippen molar-refractivity contribution in [1.29, 1.82) is 0 Å². The number of hydrogen-bond donors (Lipinski definition) is 0. The number of benzene rings is 1. The molecule has 4 unspecified atom stereocenters. The Balaban J connectivity index is 1.97. The molecule has 0 spiro atoms. The molecule has 2 fully saturated rings. The van der Waals surface area contributed by atoms with Gasteiger partial charge >= 0.3 is 0 Å². The van der Waals surface area contributed by atoms with Crippen molar-refractivity contribution in [3.8, 4) is 0 Å². The summed E-state index contributed by atoms with van der Waals surface area (Å²) in [4.78, 5) is 6.65. The molecular formula is C23H37NO. The van der Waals surface area contributed by atoms with Crippen molar-refractivity contribution in [2.75, 3.05) is 6.54 Å². The van der Waals surface area contributed by atoms with E-state index in [0.29, 0.717) is 17.9 Å². The average Bonchev–Trinajstić information content (AvgIpc) is 3.01. The van der Waals surface area contributed by atoms with E-state index < -0.39 is 0 Å². The van der Waals surface area contributed by atoms with Crippen molar-refractivity contribution >= 4 is 0 Å². The van der Waals surface area contributed by atoms with Gasteiger partial charge in [0, 0.05) is 18.5 Å². The smallest absolute Gasteiger partial charge is 0.0938 e. The van der Waals surface area contributed by atoms with E-state index in [-0.39, 0.29) is 5.60 Å². The minimum atomic E-state index is 0.0495. The van der Waals surface area contributed by atoms with Gasteiger partial charge in [-0.15, -0.1) is 0 Å². The van der Waals surface area contributed by atoms with E-state index in [4.69, 9.17) is 4.84 Å². The molecule has 1 saturated carbocycles. The first-order valence-electron chi connectivity index (χ1n) is 10.7. The first-order chi connectivity index (χ1) is 12.1. The van der Waals surface area contributed by atoms with Gasteiger partial charge in [0.25, 0.3) is 0 Å². The second-order valence-electron chi connectivity index (χ2n) is 8.08. The SMILES string of the molecule is CCc1ccccc1C1CC(CC)C2C(C1)C(CC)(CC)ON2CC. The normalized spacial score (nSPS) is 31.9. The Kier molecular flexibility index (Phi) is 5.90. The molecule has 1 aliphatic heterocycles. The van der Waals surface area contributed by atoms with E-state index in [1.165, 1.54) is 19.3 Å². The first-order valence-corrected chi connectivity index (χ1v) is 10.7. The third-order valence-electron chi connectivity index (χ3n) is 7.24. The molecule has 1 saturated heterocycles. The van der Waals surface area contributed by atoms with Crippen LogP contribution in [0.15, 0.2) is 24.3 Å². The van der Waals surface area contributed by atoms with Crippen molar-refractivity contribution in [2.45, 2.75) is 90.7 Å². The molecule has 0 bridgehead atoms. The summed E-state index contributed by atoms with van der Waals surface area (Å²) in [5, 5.41) is 2.35. The Labute approximate surface area is 154 Å². The predicted octanol–water partition coefficient (Wildman–Crippen LogP) is 5.96. The molecule has 0 aromatic heterocycles. The maximum Gasteiger partial charge on any atom is 0.0938 e. The summed E-state index contributed by atoms with van der Waals surface area (Å²) in [6.07, 6.45) is 7.26. The molecule has 1 aromatic rings. The van der Waals surface area contributed by atoms with Crippen molar-refractivity contribution in [3.05, 3.63) is 35.4 Å². The molecule has 0 N–H and O–H groups in total. The number of fused-ring (bicyclic) bond motifs is 1. The molecule has 2 aliphatic rings. The van der Waals surface area contributed by atoms with Crippen molar-refractivity contribution in [3.63, 3.8) is 0 Å². The average molecular weight is 344 g/mol. The molecule has 1 heterocycles. The molecule has 3 rings (SSSR count). The van der Waals surface area contributed by atoms with Crippen LogP contribution in [0.2, 0.25) is 0 Å². The fraction of sp³-hybridized carbons (Fsp3) is 0.739. The summed E-state index contributed by atoms with van der Waals surface area (Å²) >= 11 is 0. The van der Waals surface area contributed by atoms with Crippen molar-refractivity contribution < 1.29 is 4.84 Å². The highest BCUT2D eigenvalue weighted by molar-refractivity contribution is 5.31. The lowest BCUT2D eigenvalue weighted by Crippen LogP contribution is -2.45. The Hall–Kier alpha value is -0.860. The quantitative estimate of drug-likeness (QED) is 0.631. The van der Waals surface area contributed by atoms with Crippen LogP contribution in [0.5, 0.6) is 0 Å². The largest absolute Gasteiger partial charge is 0.292 e. The Morgan fingerprint density at radius 3 is 2.36 bits per heavy atom. The second-order valence-corrected chi connectivity index (χ2v) is 8.08. The van der Waals surface area contributed by atoms with E-state index in [1.807, 2.05) is 0 Å². The second kappa shape index (κ2) is 7.80. The molecule has 2 heteroatoms. The number of aryl methyl sites for hydroxylation is 1. The van der Waals surface area contributed by atoms with Gasteiger partial charge in [-0.2, -0.15) is 5.06 Å². The molecule has 25 heavy (non-hydrogen) atoms. The molecule has 0 amide bonds. The topological polar surface area (TPSA) is 12.5 Å². The molecule has 1 aromatic carbocycles. The van der Waals surface area contributed by atoms with Crippen LogP contribution in [0.1, 0.15) is 83.8 Å². The summed E-state index contributed by atoms with van der Waals surface area (Å²) < 4.78 is 0. The van der Waals surface area contributed by atoms with E-state index in [9.17, 15) is 0 Å². The minimum absolute atomic E-state index is 0.0495. The van der Waals surface area contributed by atoms with Gasteiger partial charge in [-0.25, -0.2) is 0 Å². The predicted molar refractivity (Wildman–Crippen MR) is 106 cm³/mol. The van der Waals surface area contributed by atoms with Crippen LogP contribution in [0.4, 0.5) is 0 Å². The number of hydroxylamine groups is 2. The fourth-order valence-corrected chi connectivity index (χ4v) is 5.79. The van der Waals surface area contributed by atoms with E-state index >= 15 is 0 Å². The highest BCUT2D eigenvalue weighted by Gasteiger charge is 2.56. The summed E-state index contributed by atoms with van der Waals surface area (Å²) in [5.74, 6) is 2.10. The van der Waals surface area contributed by atoms with Gasteiger partial charge in [0.05, 0.1) is 5.60 Å². The summed E-state index contributed by atoms with van der Waals surface area (Å²) in [6.45, 7) is 12.6. The van der Waals surface area contributed by atoms with Crippen LogP contribution in [0.25, 0.3) is 0 Å². The third-order valence-corrected chi connectivity index (χ3v) is 7.24. The van der Waals surface area contributed by atoms with Crippen molar-refractivity contribution in [2.24, 2.45) is 11.8 Å². The minimum Gasteiger partial charge on any atom is -0.292 e. The van der Waals surface area contributed by atoms with Gasteiger partial charge in [0.1, 0.15) is 0 Å². The van der Waals surface area contributed by atoms with Crippen LogP contribution in [0, 0.1) is 11.8 Å². The summed E-state index contributed by atoms with van der Waals surface area (Å²) in [6, 6.07) is 9.77. The van der Waals surface area contributed by atoms with Crippen molar-refractivity contribution in [1.82, 2.24) is 5.06 Å². The monoisotopic (exact) mass is 343 g/mol. The molecule has 1 aliphatic carbocycles. The van der Waals surface area contributed by atoms with Crippen LogP contribution < -0.4 is 0 Å². The van der Waals surface area contributed by atoms with Crippen LogP contribution >= 0.6 is 0 Å². The van der Waals surface area contributed by atoms with E-state index in [0.717, 1.165) is 31.7 Å². The first kappa shape index (κ1) is 18.9. The Morgan fingerprint density at radius 2 is 1.76 bits per heavy atom. The van der Waals surface area contributed by atoms with Crippen LogP contribution in [-0.2, 0) is 11.3 Å². The van der Waals surface area contributed by atoms with Gasteiger partial charge in [0.15, 0.2) is 0 Å². The Morgan fingerprint density at radius 1 is 1.04 bits per heavy atom. The standard InChI is InChI=1S/C23H37NO/c1-6-17-13-11-12-14-20(17)19-15-18(7-2)22-21(16-19)23(8-3,9-4)25-24(22)10-5/h11-14,18-19,21-22H,6-10,15-16H2,1-5H3. The lowest BCUT2D eigenvalue weighted by Gasteiger charge is -2.43. The van der Waals surface area contributed by atoms with E-state index in [1.54, 1.807) is 11.1 Å². The fourth-order valence-electron chi connectivity index (χ4n) is 5.79. The zero-order valence-electron chi connectivity index (χ0n) is 16.9. The Bertz CT molecular complexity index is 565. The zero-order valence-corrected chi connectivity index (χ0v) is 16.9. The van der Waals surface area contributed by atoms with Gasteiger partial charge in [0.2, 0.25) is 0 Å². The maximum absolute atomic E-state index is 6.65. The molecule has 0 radical (unpaired) electrons. The van der Waals surface area contributed by atoms with Gasteiger partial charge < -0.3 is 0 Å².